The van der Waals surface area contributed by atoms with E-state index in [-0.39, 0.29) is 12.5 Å². The topological polar surface area (TPSA) is 49.3 Å². The first-order valence-electron chi connectivity index (χ1n) is 4.14. The minimum absolute atomic E-state index is 0.00727. The molecule has 0 aromatic heterocycles. The van der Waals surface area contributed by atoms with Gasteiger partial charge in [0.25, 0.3) is 0 Å². The van der Waals surface area contributed by atoms with Crippen LogP contribution in [0, 0.1) is 5.41 Å². The van der Waals surface area contributed by atoms with Gasteiger partial charge in [0.05, 0.1) is 12.0 Å². The van der Waals surface area contributed by atoms with E-state index in [2.05, 4.69) is 5.32 Å². The molecule has 1 fully saturated rings. The highest BCUT2D eigenvalue weighted by molar-refractivity contribution is 5.84. The Kier molecular flexibility index (Phi) is 2.49. The molecule has 11 heavy (non-hydrogen) atoms. The predicted octanol–water partition coefficient (Wildman–Crippen LogP) is 0.285. The summed E-state index contributed by atoms with van der Waals surface area (Å²) in [6.45, 7) is 2.75. The standard InChI is InChI=1S/C8H15NO2/c1-2-3-8(6-10)4-5-9-7(8)11/h10H,2-6H2,1H3,(H,9,11)/t8-/m1/s1. The van der Waals surface area contributed by atoms with Gasteiger partial charge in [-0.1, -0.05) is 13.3 Å². The highest BCUT2D eigenvalue weighted by Gasteiger charge is 2.40. The molecular weight excluding hydrogens is 142 g/mol. The number of aliphatic hydroxyl groups is 1. The van der Waals surface area contributed by atoms with Gasteiger partial charge in [0.1, 0.15) is 0 Å². The molecule has 0 aliphatic carbocycles. The molecular formula is C8H15NO2. The fourth-order valence-electron chi connectivity index (χ4n) is 1.66. The van der Waals surface area contributed by atoms with Gasteiger partial charge < -0.3 is 10.4 Å². The van der Waals surface area contributed by atoms with Crippen LogP contribution in [0.25, 0.3) is 0 Å². The molecule has 0 unspecified atom stereocenters. The minimum atomic E-state index is -0.450. The Balaban J connectivity index is 2.65. The van der Waals surface area contributed by atoms with Crippen LogP contribution in [0.3, 0.4) is 0 Å². The second-order valence-corrected chi connectivity index (χ2v) is 3.19. The smallest absolute Gasteiger partial charge is 0.228 e. The zero-order chi connectivity index (χ0) is 8.32. The van der Waals surface area contributed by atoms with Gasteiger partial charge in [0, 0.05) is 6.54 Å². The lowest BCUT2D eigenvalue weighted by atomic mass is 9.83. The van der Waals surface area contributed by atoms with Gasteiger partial charge in [0.2, 0.25) is 5.91 Å². The first-order chi connectivity index (χ1) is 5.25. The van der Waals surface area contributed by atoms with Crippen molar-refractivity contribution < 1.29 is 9.90 Å². The molecule has 1 aliphatic rings. The van der Waals surface area contributed by atoms with Crippen molar-refractivity contribution in [2.24, 2.45) is 5.41 Å². The molecule has 0 spiro atoms. The van der Waals surface area contributed by atoms with Gasteiger partial charge in [-0.2, -0.15) is 0 Å². The molecule has 3 nitrogen and oxygen atoms in total. The zero-order valence-corrected chi connectivity index (χ0v) is 6.89. The maximum atomic E-state index is 11.2. The lowest BCUT2D eigenvalue weighted by molar-refractivity contribution is -0.130. The van der Waals surface area contributed by atoms with Crippen LogP contribution in [-0.2, 0) is 4.79 Å². The maximum Gasteiger partial charge on any atom is 0.228 e. The highest BCUT2D eigenvalue weighted by Crippen LogP contribution is 2.31. The summed E-state index contributed by atoms with van der Waals surface area (Å²) in [6, 6.07) is 0. The molecule has 1 heterocycles. The lowest BCUT2D eigenvalue weighted by Gasteiger charge is -2.21. The molecule has 2 N–H and O–H groups in total. The van der Waals surface area contributed by atoms with E-state index in [9.17, 15) is 4.79 Å². The third-order valence-corrected chi connectivity index (χ3v) is 2.40. The quantitative estimate of drug-likeness (QED) is 0.618. The second kappa shape index (κ2) is 3.22. The van der Waals surface area contributed by atoms with Crippen molar-refractivity contribution >= 4 is 5.91 Å². The van der Waals surface area contributed by atoms with Gasteiger partial charge in [-0.15, -0.1) is 0 Å². The van der Waals surface area contributed by atoms with Crippen LogP contribution in [0.2, 0.25) is 0 Å². The largest absolute Gasteiger partial charge is 0.395 e. The molecule has 3 heteroatoms. The van der Waals surface area contributed by atoms with Crippen molar-refractivity contribution in [3.63, 3.8) is 0 Å². The molecule has 0 bridgehead atoms. The Morgan fingerprint density at radius 2 is 2.45 bits per heavy atom. The van der Waals surface area contributed by atoms with Gasteiger partial charge in [0.15, 0.2) is 0 Å². The third kappa shape index (κ3) is 1.38. The van der Waals surface area contributed by atoms with Crippen LogP contribution in [0.15, 0.2) is 0 Å². The van der Waals surface area contributed by atoms with Crippen molar-refractivity contribution in [3.05, 3.63) is 0 Å². The molecule has 1 atom stereocenters. The highest BCUT2D eigenvalue weighted by atomic mass is 16.3. The average molecular weight is 157 g/mol. The molecule has 1 rings (SSSR count). The van der Waals surface area contributed by atoms with E-state index >= 15 is 0 Å². The minimum Gasteiger partial charge on any atom is -0.395 e. The summed E-state index contributed by atoms with van der Waals surface area (Å²) >= 11 is 0. The SMILES string of the molecule is CCC[C@]1(CO)CCNC1=O. The van der Waals surface area contributed by atoms with Gasteiger partial charge >= 0.3 is 0 Å². The molecule has 0 saturated carbocycles. The number of rotatable bonds is 3. The maximum absolute atomic E-state index is 11.2. The van der Waals surface area contributed by atoms with Crippen LogP contribution < -0.4 is 5.32 Å². The number of carbonyl (C=O) groups is 1. The summed E-state index contributed by atoms with van der Waals surface area (Å²) in [7, 11) is 0. The Hall–Kier alpha value is -0.570. The van der Waals surface area contributed by atoms with Crippen LogP contribution in [0.1, 0.15) is 26.2 Å². The van der Waals surface area contributed by atoms with Crippen LogP contribution in [0.4, 0.5) is 0 Å². The summed E-state index contributed by atoms with van der Waals surface area (Å²) in [4.78, 5) is 11.2. The van der Waals surface area contributed by atoms with Crippen LogP contribution >= 0.6 is 0 Å². The van der Waals surface area contributed by atoms with Crippen LogP contribution in [0.5, 0.6) is 0 Å². The molecule has 0 aromatic rings. The first-order valence-corrected chi connectivity index (χ1v) is 4.14. The average Bonchev–Trinajstić information content (AvgIpc) is 2.35. The fourth-order valence-corrected chi connectivity index (χ4v) is 1.66. The predicted molar refractivity (Wildman–Crippen MR) is 42.1 cm³/mol. The van der Waals surface area contributed by atoms with Gasteiger partial charge in [-0.3, -0.25) is 4.79 Å². The monoisotopic (exact) mass is 157 g/mol. The Labute approximate surface area is 66.8 Å². The molecule has 1 amide bonds. The van der Waals surface area contributed by atoms with Crippen LogP contribution in [-0.4, -0.2) is 24.2 Å². The fraction of sp³-hybridized carbons (Fsp3) is 0.875. The van der Waals surface area contributed by atoms with E-state index < -0.39 is 5.41 Å². The Morgan fingerprint density at radius 3 is 2.82 bits per heavy atom. The summed E-state index contributed by atoms with van der Waals surface area (Å²) in [5, 5.41) is 11.8. The normalized spacial score (nSPS) is 30.5. The van der Waals surface area contributed by atoms with E-state index in [1.54, 1.807) is 0 Å². The van der Waals surface area contributed by atoms with Crippen molar-refractivity contribution in [1.82, 2.24) is 5.32 Å². The third-order valence-electron chi connectivity index (χ3n) is 2.40. The molecule has 64 valence electrons. The first kappa shape index (κ1) is 8.53. The van der Waals surface area contributed by atoms with E-state index in [0.717, 1.165) is 25.8 Å². The van der Waals surface area contributed by atoms with E-state index in [1.807, 2.05) is 6.92 Å². The summed E-state index contributed by atoms with van der Waals surface area (Å²) < 4.78 is 0. The molecule has 1 aliphatic heterocycles. The van der Waals surface area contributed by atoms with Gasteiger partial charge in [-0.05, 0) is 12.8 Å². The molecule has 0 aromatic carbocycles. The molecule has 0 radical (unpaired) electrons. The summed E-state index contributed by atoms with van der Waals surface area (Å²) in [5.41, 5.74) is -0.450. The number of aliphatic hydroxyl groups excluding tert-OH is 1. The summed E-state index contributed by atoms with van der Waals surface area (Å²) in [6.07, 6.45) is 2.54. The Bertz CT molecular complexity index is 158. The van der Waals surface area contributed by atoms with E-state index in [0.29, 0.717) is 0 Å². The van der Waals surface area contributed by atoms with Gasteiger partial charge in [-0.25, -0.2) is 0 Å². The molecule has 1 saturated heterocycles. The van der Waals surface area contributed by atoms with Crippen molar-refractivity contribution in [1.29, 1.82) is 0 Å². The number of carbonyl (C=O) groups excluding carboxylic acids is 1. The lowest BCUT2D eigenvalue weighted by Crippen LogP contribution is -2.34. The number of hydrogen-bond donors (Lipinski definition) is 2. The van der Waals surface area contributed by atoms with Crippen molar-refractivity contribution in [2.75, 3.05) is 13.2 Å². The zero-order valence-electron chi connectivity index (χ0n) is 6.89. The van der Waals surface area contributed by atoms with Crippen molar-refractivity contribution in [3.8, 4) is 0 Å². The Morgan fingerprint density at radius 1 is 1.73 bits per heavy atom. The van der Waals surface area contributed by atoms with E-state index in [4.69, 9.17) is 5.11 Å². The number of nitrogens with one attached hydrogen (secondary N) is 1. The number of hydrogen-bond acceptors (Lipinski definition) is 2. The van der Waals surface area contributed by atoms with E-state index in [1.165, 1.54) is 0 Å². The second-order valence-electron chi connectivity index (χ2n) is 3.19. The number of amides is 1. The summed E-state index contributed by atoms with van der Waals surface area (Å²) in [5.74, 6) is 0.0295. The van der Waals surface area contributed by atoms with Crippen molar-refractivity contribution in [2.45, 2.75) is 26.2 Å².